The molecule has 0 aliphatic rings. The molecule has 3 heteroatoms. The van der Waals surface area contributed by atoms with Crippen LogP contribution >= 0.6 is 0 Å². The van der Waals surface area contributed by atoms with E-state index in [4.69, 9.17) is 5.73 Å². The molecule has 0 bridgehead atoms. The van der Waals surface area contributed by atoms with E-state index in [2.05, 4.69) is 37.9 Å². The van der Waals surface area contributed by atoms with Crippen molar-refractivity contribution in [3.05, 3.63) is 0 Å². The molecule has 0 aromatic heterocycles. The quantitative estimate of drug-likeness (QED) is 0.572. The van der Waals surface area contributed by atoms with Gasteiger partial charge in [-0.2, -0.15) is 0 Å². The summed E-state index contributed by atoms with van der Waals surface area (Å²) in [5.74, 6) is 0. The summed E-state index contributed by atoms with van der Waals surface area (Å²) in [6.45, 7) is 14.1. The van der Waals surface area contributed by atoms with E-state index in [1.54, 1.807) is 0 Å². The lowest BCUT2D eigenvalue weighted by molar-refractivity contribution is 0.291. The number of hydrogen-bond donors (Lipinski definition) is 2. The first-order chi connectivity index (χ1) is 7.11. The molecule has 92 valence electrons. The molecular weight excluding hydrogens is 186 g/mol. The molecule has 0 aromatic rings. The Morgan fingerprint density at radius 2 is 1.60 bits per heavy atom. The lowest BCUT2D eigenvalue weighted by atomic mass is 9.94. The summed E-state index contributed by atoms with van der Waals surface area (Å²) in [4.78, 5) is 2.42. The number of nitrogens with one attached hydrogen (secondary N) is 1. The number of hydrogen-bond acceptors (Lipinski definition) is 3. The maximum Gasteiger partial charge on any atom is 0.0275 e. The summed E-state index contributed by atoms with van der Waals surface area (Å²) in [6.07, 6.45) is 2.09. The number of nitrogens with two attached hydrogens (primary N) is 1. The highest BCUT2D eigenvalue weighted by molar-refractivity contribution is 4.83. The molecule has 15 heavy (non-hydrogen) atoms. The van der Waals surface area contributed by atoms with Crippen LogP contribution in [0, 0.1) is 0 Å². The van der Waals surface area contributed by atoms with Crippen LogP contribution in [0.2, 0.25) is 0 Å². The molecule has 0 spiro atoms. The van der Waals surface area contributed by atoms with Crippen molar-refractivity contribution in [3.63, 3.8) is 0 Å². The Morgan fingerprint density at radius 1 is 1.07 bits per heavy atom. The first kappa shape index (κ1) is 14.9. The monoisotopic (exact) mass is 215 g/mol. The van der Waals surface area contributed by atoms with Crippen molar-refractivity contribution in [2.45, 2.75) is 46.1 Å². The second-order valence-electron chi connectivity index (χ2n) is 4.27. The lowest BCUT2D eigenvalue weighted by Gasteiger charge is -2.27. The van der Waals surface area contributed by atoms with Gasteiger partial charge in [-0.25, -0.2) is 0 Å². The Labute approximate surface area is 95.4 Å². The molecule has 0 radical (unpaired) electrons. The van der Waals surface area contributed by atoms with Crippen LogP contribution in [0.4, 0.5) is 0 Å². The summed E-state index contributed by atoms with van der Waals surface area (Å²) < 4.78 is 0. The fourth-order valence-electron chi connectivity index (χ4n) is 1.61. The minimum absolute atomic E-state index is 0.0107. The Kier molecular flexibility index (Phi) is 8.02. The topological polar surface area (TPSA) is 41.3 Å². The lowest BCUT2D eigenvalue weighted by Crippen LogP contribution is -2.49. The summed E-state index contributed by atoms with van der Waals surface area (Å²) in [5.41, 5.74) is 6.19. The Bertz CT molecular complexity index is 140. The van der Waals surface area contributed by atoms with Crippen LogP contribution in [0.5, 0.6) is 0 Å². The smallest absolute Gasteiger partial charge is 0.0275 e. The second kappa shape index (κ2) is 8.08. The van der Waals surface area contributed by atoms with Gasteiger partial charge in [0, 0.05) is 25.2 Å². The molecule has 0 saturated heterocycles. The predicted octanol–water partition coefficient (Wildman–Crippen LogP) is 1.44. The Morgan fingerprint density at radius 3 is 2.00 bits per heavy atom. The van der Waals surface area contributed by atoms with Gasteiger partial charge < -0.3 is 16.0 Å². The van der Waals surface area contributed by atoms with Crippen LogP contribution in [-0.2, 0) is 0 Å². The molecule has 0 amide bonds. The van der Waals surface area contributed by atoms with E-state index in [1.807, 2.05) is 0 Å². The van der Waals surface area contributed by atoms with Gasteiger partial charge in [0.15, 0.2) is 0 Å². The molecule has 0 saturated carbocycles. The van der Waals surface area contributed by atoms with Gasteiger partial charge >= 0.3 is 0 Å². The largest absolute Gasteiger partial charge is 0.324 e. The number of nitrogens with zero attached hydrogens (tertiary/aromatic N) is 1. The van der Waals surface area contributed by atoms with E-state index in [1.165, 1.54) is 0 Å². The summed E-state index contributed by atoms with van der Waals surface area (Å²) in [6, 6.07) is 0. The summed E-state index contributed by atoms with van der Waals surface area (Å²) in [7, 11) is 0. The molecule has 0 aromatic carbocycles. The summed E-state index contributed by atoms with van der Waals surface area (Å²) in [5, 5.41) is 3.46. The first-order valence-electron chi connectivity index (χ1n) is 6.33. The van der Waals surface area contributed by atoms with Gasteiger partial charge in [0.1, 0.15) is 0 Å². The average molecular weight is 215 g/mol. The van der Waals surface area contributed by atoms with Crippen molar-refractivity contribution in [2.24, 2.45) is 5.73 Å². The van der Waals surface area contributed by atoms with Crippen molar-refractivity contribution in [1.82, 2.24) is 10.2 Å². The van der Waals surface area contributed by atoms with Crippen LogP contribution in [0.3, 0.4) is 0 Å². The molecule has 0 rings (SSSR count). The zero-order chi connectivity index (χ0) is 11.7. The van der Waals surface area contributed by atoms with Crippen LogP contribution in [0.15, 0.2) is 0 Å². The summed E-state index contributed by atoms with van der Waals surface area (Å²) >= 11 is 0. The molecule has 0 fully saturated rings. The molecule has 0 atom stereocenters. The van der Waals surface area contributed by atoms with Gasteiger partial charge in [-0.3, -0.25) is 0 Å². The fourth-order valence-corrected chi connectivity index (χ4v) is 1.61. The van der Waals surface area contributed by atoms with Crippen LogP contribution < -0.4 is 11.1 Å². The normalized spacial score (nSPS) is 12.4. The van der Waals surface area contributed by atoms with Crippen molar-refractivity contribution < 1.29 is 0 Å². The van der Waals surface area contributed by atoms with Crippen molar-refractivity contribution in [2.75, 3.05) is 32.7 Å². The van der Waals surface area contributed by atoms with E-state index in [9.17, 15) is 0 Å². The van der Waals surface area contributed by atoms with Gasteiger partial charge in [0.05, 0.1) is 0 Å². The van der Waals surface area contributed by atoms with E-state index in [0.29, 0.717) is 0 Å². The molecule has 3 nitrogen and oxygen atoms in total. The van der Waals surface area contributed by atoms with Gasteiger partial charge in [0.2, 0.25) is 0 Å². The van der Waals surface area contributed by atoms with Gasteiger partial charge in [-0.15, -0.1) is 0 Å². The molecule has 0 heterocycles. The highest BCUT2D eigenvalue weighted by Gasteiger charge is 2.18. The van der Waals surface area contributed by atoms with E-state index < -0.39 is 0 Å². The van der Waals surface area contributed by atoms with Crippen LogP contribution in [-0.4, -0.2) is 43.2 Å². The number of rotatable bonds is 9. The van der Waals surface area contributed by atoms with Crippen molar-refractivity contribution in [3.8, 4) is 0 Å². The highest BCUT2D eigenvalue weighted by atomic mass is 15.1. The van der Waals surface area contributed by atoms with Gasteiger partial charge in [-0.1, -0.05) is 27.7 Å². The molecule has 0 unspecified atom stereocenters. The second-order valence-corrected chi connectivity index (χ2v) is 4.27. The van der Waals surface area contributed by atoms with E-state index in [-0.39, 0.29) is 5.54 Å². The van der Waals surface area contributed by atoms with E-state index in [0.717, 1.165) is 45.6 Å². The zero-order valence-electron chi connectivity index (χ0n) is 11.0. The fraction of sp³-hybridized carbons (Fsp3) is 1.00. The Hall–Kier alpha value is -0.120. The van der Waals surface area contributed by atoms with Crippen molar-refractivity contribution >= 4 is 0 Å². The standard InChI is InChI=1S/C12H29N3/c1-5-12(13,6-2)11-14-9-10-15(7-3)8-4/h14H,5-11,13H2,1-4H3. The molecular formula is C12H29N3. The average Bonchev–Trinajstić information content (AvgIpc) is 2.29. The third-order valence-corrected chi connectivity index (χ3v) is 3.38. The zero-order valence-corrected chi connectivity index (χ0v) is 11.0. The van der Waals surface area contributed by atoms with Gasteiger partial charge in [-0.05, 0) is 25.9 Å². The van der Waals surface area contributed by atoms with Crippen molar-refractivity contribution in [1.29, 1.82) is 0 Å². The molecule has 0 aliphatic heterocycles. The molecule has 0 aliphatic carbocycles. The maximum atomic E-state index is 6.20. The van der Waals surface area contributed by atoms with E-state index >= 15 is 0 Å². The third kappa shape index (κ3) is 6.13. The predicted molar refractivity (Wildman–Crippen MR) is 68.2 cm³/mol. The van der Waals surface area contributed by atoms with Crippen LogP contribution in [0.25, 0.3) is 0 Å². The Balaban J connectivity index is 3.60. The minimum Gasteiger partial charge on any atom is -0.324 e. The number of likely N-dealkylation sites (N-methyl/N-ethyl adjacent to an activating group) is 1. The maximum absolute atomic E-state index is 6.20. The highest BCUT2D eigenvalue weighted by Crippen LogP contribution is 2.08. The SMILES string of the molecule is CCN(CC)CCNCC(N)(CC)CC. The van der Waals surface area contributed by atoms with Crippen LogP contribution in [0.1, 0.15) is 40.5 Å². The first-order valence-corrected chi connectivity index (χ1v) is 6.33. The molecule has 3 N–H and O–H groups in total. The third-order valence-electron chi connectivity index (χ3n) is 3.38. The van der Waals surface area contributed by atoms with Gasteiger partial charge in [0.25, 0.3) is 0 Å². The minimum atomic E-state index is -0.0107.